The first-order valence-corrected chi connectivity index (χ1v) is 12.2. The third-order valence-electron chi connectivity index (χ3n) is 8.71. The lowest BCUT2D eigenvalue weighted by Gasteiger charge is -2.24. The van der Waals surface area contributed by atoms with Crippen LogP contribution >= 0.6 is 0 Å². The summed E-state index contributed by atoms with van der Waals surface area (Å²) in [5.41, 5.74) is 5.65. The maximum atomic E-state index is 2.38. The van der Waals surface area contributed by atoms with Crippen LogP contribution < -0.4 is 0 Å². The molecule has 0 aromatic heterocycles. The summed E-state index contributed by atoms with van der Waals surface area (Å²) in [5, 5.41) is 19.9. The molecule has 0 nitrogen and oxygen atoms in total. The summed E-state index contributed by atoms with van der Waals surface area (Å²) >= 11 is 0. The fourth-order valence-corrected chi connectivity index (χ4v) is 7.10. The van der Waals surface area contributed by atoms with Crippen molar-refractivity contribution < 1.29 is 0 Å². The van der Waals surface area contributed by atoms with Crippen LogP contribution in [0.1, 0.15) is 22.3 Å². The number of rotatable bonds is 0. The van der Waals surface area contributed by atoms with Gasteiger partial charge in [-0.15, -0.1) is 0 Å². The van der Waals surface area contributed by atoms with Crippen molar-refractivity contribution in [3.05, 3.63) is 95.1 Å². The molecular formula is C34H24. The van der Waals surface area contributed by atoms with E-state index < -0.39 is 0 Å². The zero-order chi connectivity index (χ0) is 22.9. The molecule has 0 heterocycles. The summed E-state index contributed by atoms with van der Waals surface area (Å²) in [6, 6.07) is 27.3. The summed E-state index contributed by atoms with van der Waals surface area (Å²) in [4.78, 5) is 0. The maximum Gasteiger partial charge on any atom is -0.00170 e. The molecule has 0 saturated carbocycles. The Hall–Kier alpha value is -3.90. The van der Waals surface area contributed by atoms with Gasteiger partial charge in [0.25, 0.3) is 0 Å². The van der Waals surface area contributed by atoms with E-state index in [1.165, 1.54) is 97.7 Å². The standard InChI is InChI=1S/C34H24/c1-17-21-9-5-7-11-23(21)19(3)31-29(17)27-15-13-26-25(33(27)31)14-16-28-30-18(2)22-10-6-8-12-24(22)20(4)32(30)34(26)28/h5-16H,1-4H3. The molecule has 0 saturated heterocycles. The molecule has 0 radical (unpaired) electrons. The monoisotopic (exact) mass is 432 g/mol. The van der Waals surface area contributed by atoms with Crippen molar-refractivity contribution in [2.45, 2.75) is 27.7 Å². The van der Waals surface area contributed by atoms with Gasteiger partial charge in [0.2, 0.25) is 0 Å². The summed E-state index contributed by atoms with van der Waals surface area (Å²) < 4.78 is 0. The van der Waals surface area contributed by atoms with Gasteiger partial charge in [-0.05, 0) is 125 Å². The van der Waals surface area contributed by atoms with Crippen molar-refractivity contribution in [3.8, 4) is 0 Å². The van der Waals surface area contributed by atoms with Crippen molar-refractivity contribution in [2.24, 2.45) is 0 Å². The number of hydrogen-bond acceptors (Lipinski definition) is 0. The minimum Gasteiger partial charge on any atom is -0.0616 e. The van der Waals surface area contributed by atoms with Crippen molar-refractivity contribution >= 4 is 75.4 Å². The molecule has 0 heteroatoms. The van der Waals surface area contributed by atoms with Crippen molar-refractivity contribution in [1.29, 1.82) is 0 Å². The highest BCUT2D eigenvalue weighted by Gasteiger charge is 2.23. The predicted octanol–water partition coefficient (Wildman–Crippen LogP) is 9.87. The van der Waals surface area contributed by atoms with E-state index in [1.807, 2.05) is 0 Å². The van der Waals surface area contributed by atoms with Crippen LogP contribution in [0.5, 0.6) is 0 Å². The summed E-state index contributed by atoms with van der Waals surface area (Å²) in [7, 11) is 0. The van der Waals surface area contributed by atoms with Gasteiger partial charge in [0.1, 0.15) is 0 Å². The average Bonchev–Trinajstić information content (AvgIpc) is 2.83. The summed E-state index contributed by atoms with van der Waals surface area (Å²) in [6.07, 6.45) is 0. The molecule has 0 aliphatic carbocycles. The van der Waals surface area contributed by atoms with Gasteiger partial charge in [-0.2, -0.15) is 0 Å². The van der Waals surface area contributed by atoms with Gasteiger partial charge in [0, 0.05) is 0 Å². The Morgan fingerprint density at radius 3 is 0.912 bits per heavy atom. The Morgan fingerprint density at radius 2 is 0.559 bits per heavy atom. The normalized spacial score (nSPS) is 12.7. The molecule has 0 unspecified atom stereocenters. The SMILES string of the molecule is Cc1c2ccccc2c(C)c2c1c1ccc3c(ccc4c5c(C)c6ccccc6c(C)c5c34)c12. The summed E-state index contributed by atoms with van der Waals surface area (Å²) in [6.45, 7) is 9.19. The molecule has 8 aromatic rings. The first-order chi connectivity index (χ1) is 16.6. The van der Waals surface area contributed by atoms with Crippen molar-refractivity contribution in [3.63, 3.8) is 0 Å². The highest BCUT2D eigenvalue weighted by Crippen LogP contribution is 2.51. The zero-order valence-electron chi connectivity index (χ0n) is 19.9. The minimum atomic E-state index is 1.38. The molecule has 0 aliphatic heterocycles. The van der Waals surface area contributed by atoms with E-state index in [1.54, 1.807) is 0 Å². The first-order valence-electron chi connectivity index (χ1n) is 12.2. The number of fused-ring (bicyclic) bond motifs is 13. The van der Waals surface area contributed by atoms with Gasteiger partial charge >= 0.3 is 0 Å². The van der Waals surface area contributed by atoms with Crippen LogP contribution in [0.15, 0.2) is 72.8 Å². The molecule has 34 heavy (non-hydrogen) atoms. The largest absolute Gasteiger partial charge is 0.0616 e. The fraction of sp³-hybridized carbons (Fsp3) is 0.118. The molecule has 0 fully saturated rings. The van der Waals surface area contributed by atoms with Crippen LogP contribution in [-0.2, 0) is 0 Å². The lowest BCUT2D eigenvalue weighted by Crippen LogP contribution is -1.98. The van der Waals surface area contributed by atoms with Crippen molar-refractivity contribution in [1.82, 2.24) is 0 Å². The topological polar surface area (TPSA) is 0 Å². The van der Waals surface area contributed by atoms with E-state index in [0.717, 1.165) is 0 Å². The average molecular weight is 433 g/mol. The van der Waals surface area contributed by atoms with E-state index in [9.17, 15) is 0 Å². The van der Waals surface area contributed by atoms with Gasteiger partial charge in [-0.25, -0.2) is 0 Å². The van der Waals surface area contributed by atoms with Crippen LogP contribution in [0.2, 0.25) is 0 Å². The van der Waals surface area contributed by atoms with Crippen LogP contribution in [0.25, 0.3) is 75.4 Å². The number of hydrogen-bond donors (Lipinski definition) is 0. The Bertz CT molecular complexity index is 1980. The quantitative estimate of drug-likeness (QED) is 0.224. The lowest BCUT2D eigenvalue weighted by molar-refractivity contribution is 1.53. The number of benzene rings is 6. The van der Waals surface area contributed by atoms with Gasteiger partial charge in [0.15, 0.2) is 0 Å². The highest BCUT2D eigenvalue weighted by molar-refractivity contribution is 6.43. The Kier molecular flexibility index (Phi) is 3.25. The molecule has 0 atom stereocenters. The van der Waals surface area contributed by atoms with Crippen LogP contribution in [0.4, 0.5) is 0 Å². The van der Waals surface area contributed by atoms with E-state index in [4.69, 9.17) is 0 Å². The van der Waals surface area contributed by atoms with E-state index in [-0.39, 0.29) is 0 Å². The van der Waals surface area contributed by atoms with Crippen LogP contribution in [0.3, 0.4) is 0 Å². The Labute approximate surface area is 198 Å². The lowest BCUT2D eigenvalue weighted by atomic mass is 9.79. The molecule has 8 rings (SSSR count). The van der Waals surface area contributed by atoms with Crippen LogP contribution in [0, 0.1) is 27.7 Å². The van der Waals surface area contributed by atoms with Gasteiger partial charge in [0.05, 0.1) is 0 Å². The van der Waals surface area contributed by atoms with Gasteiger partial charge in [-0.1, -0.05) is 72.8 Å². The third kappa shape index (κ3) is 1.90. The zero-order valence-corrected chi connectivity index (χ0v) is 19.9. The molecule has 0 aliphatic rings. The molecule has 8 aromatic carbocycles. The smallest absolute Gasteiger partial charge is 0.00170 e. The molecule has 0 spiro atoms. The Balaban J connectivity index is 1.57. The summed E-state index contributed by atoms with van der Waals surface area (Å²) in [5.74, 6) is 0. The fourth-order valence-electron chi connectivity index (χ4n) is 7.10. The molecular weight excluding hydrogens is 408 g/mol. The third-order valence-corrected chi connectivity index (χ3v) is 8.71. The van der Waals surface area contributed by atoms with Crippen LogP contribution in [-0.4, -0.2) is 0 Å². The van der Waals surface area contributed by atoms with E-state index in [0.29, 0.717) is 0 Å². The minimum absolute atomic E-state index is 1.38. The number of aryl methyl sites for hydroxylation is 4. The molecule has 0 N–H and O–H groups in total. The Morgan fingerprint density at radius 1 is 0.265 bits per heavy atom. The van der Waals surface area contributed by atoms with Gasteiger partial charge < -0.3 is 0 Å². The second-order valence-corrected chi connectivity index (χ2v) is 10.2. The predicted molar refractivity (Wildman–Crippen MR) is 150 cm³/mol. The molecule has 160 valence electrons. The second kappa shape index (κ2) is 5.96. The second-order valence-electron chi connectivity index (χ2n) is 10.2. The van der Waals surface area contributed by atoms with Crippen molar-refractivity contribution in [2.75, 3.05) is 0 Å². The molecule has 0 bridgehead atoms. The molecule has 0 amide bonds. The van der Waals surface area contributed by atoms with Gasteiger partial charge in [-0.3, -0.25) is 0 Å². The maximum absolute atomic E-state index is 2.38. The first kappa shape index (κ1) is 18.5. The van der Waals surface area contributed by atoms with E-state index >= 15 is 0 Å². The van der Waals surface area contributed by atoms with E-state index in [2.05, 4.69) is 100 Å². The highest BCUT2D eigenvalue weighted by atomic mass is 14.3.